The first-order chi connectivity index (χ1) is 13.1. The molecule has 1 aliphatic rings. The van der Waals surface area contributed by atoms with Crippen LogP contribution in [-0.4, -0.2) is 34.6 Å². The molecule has 2 amide bonds. The highest BCUT2D eigenvalue weighted by molar-refractivity contribution is 8.01. The molecule has 27 heavy (non-hydrogen) atoms. The SMILES string of the molecule is CCCCC(=O)Nc1nnc(SCC(=O)NCc2ccc3c(c2)OCO3)s1. The van der Waals surface area contributed by atoms with Crippen LogP contribution in [0.1, 0.15) is 31.7 Å². The number of benzene rings is 1. The predicted molar refractivity (Wildman–Crippen MR) is 103 cm³/mol. The third-order valence-corrected chi connectivity index (χ3v) is 5.64. The summed E-state index contributed by atoms with van der Waals surface area (Å²) in [5.41, 5.74) is 0.936. The van der Waals surface area contributed by atoms with Crippen molar-refractivity contribution in [2.75, 3.05) is 17.9 Å². The van der Waals surface area contributed by atoms with E-state index in [1.807, 2.05) is 25.1 Å². The number of hydrogen-bond donors (Lipinski definition) is 2. The number of amides is 2. The van der Waals surface area contributed by atoms with Crippen LogP contribution in [0.4, 0.5) is 5.13 Å². The first-order valence-corrected chi connectivity index (χ1v) is 10.4. The molecule has 0 atom stereocenters. The van der Waals surface area contributed by atoms with Crippen molar-refractivity contribution in [1.82, 2.24) is 15.5 Å². The zero-order valence-corrected chi connectivity index (χ0v) is 16.5. The number of aromatic nitrogens is 2. The second-order valence-corrected chi connectivity index (χ2v) is 7.98. The number of carbonyl (C=O) groups is 2. The van der Waals surface area contributed by atoms with Gasteiger partial charge in [0.05, 0.1) is 5.75 Å². The lowest BCUT2D eigenvalue weighted by Crippen LogP contribution is -2.24. The highest BCUT2D eigenvalue weighted by Gasteiger charge is 2.14. The van der Waals surface area contributed by atoms with Crippen molar-refractivity contribution < 1.29 is 19.1 Å². The Bertz CT molecular complexity index is 812. The number of carbonyl (C=O) groups excluding carboxylic acids is 2. The number of fused-ring (bicyclic) bond motifs is 1. The number of rotatable bonds is 9. The lowest BCUT2D eigenvalue weighted by Gasteiger charge is -2.05. The Morgan fingerprint density at radius 1 is 1.22 bits per heavy atom. The second kappa shape index (κ2) is 9.56. The van der Waals surface area contributed by atoms with Crippen LogP contribution < -0.4 is 20.1 Å². The molecule has 0 bridgehead atoms. The van der Waals surface area contributed by atoms with Gasteiger partial charge < -0.3 is 20.1 Å². The van der Waals surface area contributed by atoms with Gasteiger partial charge in [-0.2, -0.15) is 0 Å². The monoisotopic (exact) mass is 408 g/mol. The van der Waals surface area contributed by atoms with Gasteiger partial charge in [-0.25, -0.2) is 0 Å². The van der Waals surface area contributed by atoms with Crippen LogP contribution in [0.15, 0.2) is 22.5 Å². The van der Waals surface area contributed by atoms with E-state index in [-0.39, 0.29) is 24.4 Å². The molecule has 0 fully saturated rings. The van der Waals surface area contributed by atoms with E-state index in [4.69, 9.17) is 9.47 Å². The van der Waals surface area contributed by atoms with Gasteiger partial charge in [0, 0.05) is 13.0 Å². The molecular weight excluding hydrogens is 388 g/mol. The van der Waals surface area contributed by atoms with Crippen LogP contribution in [-0.2, 0) is 16.1 Å². The number of nitrogens with zero attached hydrogens (tertiary/aromatic N) is 2. The molecule has 0 saturated heterocycles. The molecule has 0 unspecified atom stereocenters. The van der Waals surface area contributed by atoms with Crippen LogP contribution in [0, 0.1) is 0 Å². The summed E-state index contributed by atoms with van der Waals surface area (Å²) in [6.07, 6.45) is 2.28. The minimum absolute atomic E-state index is 0.0639. The highest BCUT2D eigenvalue weighted by Crippen LogP contribution is 2.32. The maximum atomic E-state index is 12.0. The zero-order valence-electron chi connectivity index (χ0n) is 14.8. The molecule has 0 aliphatic carbocycles. The third kappa shape index (κ3) is 5.83. The molecular formula is C17H20N4O4S2. The zero-order chi connectivity index (χ0) is 19.1. The minimum Gasteiger partial charge on any atom is -0.454 e. The molecule has 1 aromatic carbocycles. The lowest BCUT2D eigenvalue weighted by atomic mass is 10.2. The van der Waals surface area contributed by atoms with Crippen molar-refractivity contribution in [3.8, 4) is 11.5 Å². The van der Waals surface area contributed by atoms with Gasteiger partial charge in [-0.1, -0.05) is 42.5 Å². The van der Waals surface area contributed by atoms with E-state index < -0.39 is 0 Å². The average Bonchev–Trinajstić information content (AvgIpc) is 3.31. The van der Waals surface area contributed by atoms with Gasteiger partial charge in [-0.15, -0.1) is 10.2 Å². The van der Waals surface area contributed by atoms with E-state index in [1.165, 1.54) is 23.1 Å². The van der Waals surface area contributed by atoms with Crippen molar-refractivity contribution in [2.45, 2.75) is 37.1 Å². The van der Waals surface area contributed by atoms with Gasteiger partial charge in [-0.3, -0.25) is 9.59 Å². The van der Waals surface area contributed by atoms with E-state index in [0.29, 0.717) is 28.2 Å². The molecule has 2 N–H and O–H groups in total. The molecule has 10 heteroatoms. The van der Waals surface area contributed by atoms with Crippen LogP contribution >= 0.6 is 23.1 Å². The summed E-state index contributed by atoms with van der Waals surface area (Å²) >= 11 is 2.55. The molecule has 0 saturated carbocycles. The topological polar surface area (TPSA) is 102 Å². The summed E-state index contributed by atoms with van der Waals surface area (Å²) < 4.78 is 11.2. The third-order valence-electron chi connectivity index (χ3n) is 3.66. The fraction of sp³-hybridized carbons (Fsp3) is 0.412. The number of nitrogens with one attached hydrogen (secondary N) is 2. The summed E-state index contributed by atoms with van der Waals surface area (Å²) in [6, 6.07) is 5.57. The van der Waals surface area contributed by atoms with Crippen molar-refractivity contribution >= 4 is 40.0 Å². The quantitative estimate of drug-likeness (QED) is 0.486. The molecule has 144 valence electrons. The summed E-state index contributed by atoms with van der Waals surface area (Å²) in [5.74, 6) is 1.46. The maximum absolute atomic E-state index is 12.0. The molecule has 2 heterocycles. The van der Waals surface area contributed by atoms with Crippen LogP contribution in [0.3, 0.4) is 0 Å². The highest BCUT2D eigenvalue weighted by atomic mass is 32.2. The van der Waals surface area contributed by atoms with E-state index in [9.17, 15) is 9.59 Å². The Balaban J connectivity index is 1.39. The fourth-order valence-electron chi connectivity index (χ4n) is 2.27. The number of anilines is 1. The summed E-state index contributed by atoms with van der Waals surface area (Å²) in [4.78, 5) is 23.7. The van der Waals surface area contributed by atoms with Crippen LogP contribution in [0.2, 0.25) is 0 Å². The van der Waals surface area contributed by atoms with Gasteiger partial charge >= 0.3 is 0 Å². The van der Waals surface area contributed by atoms with Gasteiger partial charge in [0.15, 0.2) is 15.8 Å². The van der Waals surface area contributed by atoms with Gasteiger partial charge in [0.1, 0.15) is 0 Å². The Labute approximate surface area is 165 Å². The van der Waals surface area contributed by atoms with Crippen molar-refractivity contribution in [3.05, 3.63) is 23.8 Å². The number of thioether (sulfide) groups is 1. The first-order valence-electron chi connectivity index (χ1n) is 8.55. The summed E-state index contributed by atoms with van der Waals surface area (Å²) in [7, 11) is 0. The normalized spacial score (nSPS) is 12.0. The van der Waals surface area contributed by atoms with Crippen molar-refractivity contribution in [1.29, 1.82) is 0 Å². The van der Waals surface area contributed by atoms with E-state index >= 15 is 0 Å². The number of unbranched alkanes of at least 4 members (excludes halogenated alkanes) is 1. The first kappa shape index (κ1) is 19.4. The molecule has 2 aromatic rings. The Hall–Kier alpha value is -2.33. The number of hydrogen-bond acceptors (Lipinski definition) is 8. The maximum Gasteiger partial charge on any atom is 0.231 e. The van der Waals surface area contributed by atoms with Crippen molar-refractivity contribution in [2.24, 2.45) is 0 Å². The van der Waals surface area contributed by atoms with Gasteiger partial charge in [0.25, 0.3) is 0 Å². The van der Waals surface area contributed by atoms with Gasteiger partial charge in [-0.05, 0) is 24.1 Å². The summed E-state index contributed by atoms with van der Waals surface area (Å²) in [5, 5.41) is 13.9. The van der Waals surface area contributed by atoms with Crippen molar-refractivity contribution in [3.63, 3.8) is 0 Å². The Morgan fingerprint density at radius 2 is 2.07 bits per heavy atom. The average molecular weight is 409 g/mol. The second-order valence-electron chi connectivity index (χ2n) is 5.78. The van der Waals surface area contributed by atoms with Gasteiger partial charge in [0.2, 0.25) is 23.7 Å². The Kier molecular flexibility index (Phi) is 6.88. The minimum atomic E-state index is -0.110. The largest absolute Gasteiger partial charge is 0.454 e. The standard InChI is InChI=1S/C17H20N4O4S2/c1-2-3-4-14(22)19-16-20-21-17(27-16)26-9-15(23)18-8-11-5-6-12-13(7-11)25-10-24-12/h5-7H,2-4,8-10H2,1H3,(H,18,23)(H,19,20,22). The van der Waals surface area contributed by atoms with Crippen LogP contribution in [0.25, 0.3) is 0 Å². The molecule has 1 aliphatic heterocycles. The van der Waals surface area contributed by atoms with E-state index in [1.54, 1.807) is 0 Å². The Morgan fingerprint density at radius 3 is 2.93 bits per heavy atom. The molecule has 0 spiro atoms. The molecule has 1 aromatic heterocycles. The lowest BCUT2D eigenvalue weighted by molar-refractivity contribution is -0.118. The summed E-state index contributed by atoms with van der Waals surface area (Å²) in [6.45, 7) is 2.67. The molecule has 0 radical (unpaired) electrons. The predicted octanol–water partition coefficient (Wildman–Crippen LogP) is 2.80. The van der Waals surface area contributed by atoms with E-state index in [0.717, 1.165) is 24.2 Å². The smallest absolute Gasteiger partial charge is 0.231 e. The molecule has 8 nitrogen and oxygen atoms in total. The number of ether oxygens (including phenoxy) is 2. The van der Waals surface area contributed by atoms with Crippen LogP contribution in [0.5, 0.6) is 11.5 Å². The van der Waals surface area contributed by atoms with E-state index in [2.05, 4.69) is 20.8 Å². The fourth-order valence-corrected chi connectivity index (χ4v) is 3.87. The molecule has 3 rings (SSSR count).